The van der Waals surface area contributed by atoms with Crippen LogP contribution in [0.3, 0.4) is 0 Å². The maximum absolute atomic E-state index is 13.6. The minimum atomic E-state index is -4.27. The number of nitrogens with zero attached hydrogens (tertiary/aromatic N) is 1. The Balaban J connectivity index is 2.11. The lowest BCUT2D eigenvalue weighted by atomic mass is 9.96. The molecule has 0 bridgehead atoms. The standard InChI is InChI=1S/C13H11F5INO/c14-9-6-10(15)11(19)5-8(9)12(21)20-3-1-7(2-4-20)13(16,17)18/h5-7H,1-4H2. The molecule has 1 amide bonds. The number of amides is 1. The van der Waals surface area contributed by atoms with Gasteiger partial charge >= 0.3 is 6.18 Å². The van der Waals surface area contributed by atoms with E-state index in [0.29, 0.717) is 6.07 Å². The fourth-order valence-corrected chi connectivity index (χ4v) is 2.73. The summed E-state index contributed by atoms with van der Waals surface area (Å²) in [5, 5.41) is 0. The Morgan fingerprint density at radius 1 is 1.14 bits per heavy atom. The predicted molar refractivity (Wildman–Crippen MR) is 73.8 cm³/mol. The van der Waals surface area contributed by atoms with E-state index in [1.165, 1.54) is 4.90 Å². The quantitative estimate of drug-likeness (QED) is 0.383. The van der Waals surface area contributed by atoms with Crippen LogP contribution in [-0.2, 0) is 0 Å². The molecule has 8 heteroatoms. The summed E-state index contributed by atoms with van der Waals surface area (Å²) >= 11 is 1.62. The van der Waals surface area contributed by atoms with Crippen molar-refractivity contribution in [2.75, 3.05) is 13.1 Å². The number of carbonyl (C=O) groups excluding carboxylic acids is 1. The monoisotopic (exact) mass is 419 g/mol. The summed E-state index contributed by atoms with van der Waals surface area (Å²) in [5.74, 6) is -3.91. The van der Waals surface area contributed by atoms with Gasteiger partial charge in [-0.25, -0.2) is 8.78 Å². The van der Waals surface area contributed by atoms with Crippen molar-refractivity contribution in [1.29, 1.82) is 0 Å². The molecule has 1 fully saturated rings. The third-order valence-corrected chi connectivity index (χ3v) is 4.31. The van der Waals surface area contributed by atoms with Crippen LogP contribution in [0.4, 0.5) is 22.0 Å². The van der Waals surface area contributed by atoms with Crippen LogP contribution in [0.2, 0.25) is 0 Å². The molecule has 0 N–H and O–H groups in total. The molecule has 1 saturated heterocycles. The van der Waals surface area contributed by atoms with Crippen molar-refractivity contribution in [3.05, 3.63) is 32.9 Å². The van der Waals surface area contributed by atoms with Gasteiger partial charge in [-0.3, -0.25) is 4.79 Å². The Morgan fingerprint density at radius 3 is 2.24 bits per heavy atom. The van der Waals surface area contributed by atoms with Crippen LogP contribution in [0.5, 0.6) is 0 Å². The summed E-state index contributed by atoms with van der Waals surface area (Å²) in [7, 11) is 0. The van der Waals surface area contributed by atoms with E-state index in [2.05, 4.69) is 0 Å². The maximum Gasteiger partial charge on any atom is 0.391 e. The number of alkyl halides is 3. The zero-order valence-electron chi connectivity index (χ0n) is 10.7. The molecule has 0 atom stereocenters. The molecule has 21 heavy (non-hydrogen) atoms. The fourth-order valence-electron chi connectivity index (χ4n) is 2.27. The van der Waals surface area contributed by atoms with Gasteiger partial charge < -0.3 is 4.90 Å². The highest BCUT2D eigenvalue weighted by atomic mass is 127. The van der Waals surface area contributed by atoms with Gasteiger partial charge in [-0.05, 0) is 41.5 Å². The Bertz CT molecular complexity index is 552. The molecule has 116 valence electrons. The lowest BCUT2D eigenvalue weighted by Gasteiger charge is -2.33. The number of likely N-dealkylation sites (tertiary alicyclic amines) is 1. The largest absolute Gasteiger partial charge is 0.391 e. The Kier molecular flexibility index (Phi) is 4.74. The minimum absolute atomic E-state index is 0.0857. The molecule has 1 aliphatic rings. The van der Waals surface area contributed by atoms with E-state index in [0.717, 1.165) is 6.07 Å². The number of carbonyl (C=O) groups is 1. The lowest BCUT2D eigenvalue weighted by molar-refractivity contribution is -0.183. The molecule has 0 unspecified atom stereocenters. The molecular formula is C13H11F5INO. The highest BCUT2D eigenvalue weighted by molar-refractivity contribution is 14.1. The molecule has 2 rings (SSSR count). The zero-order valence-corrected chi connectivity index (χ0v) is 12.8. The second-order valence-corrected chi connectivity index (χ2v) is 6.02. The van der Waals surface area contributed by atoms with E-state index in [1.54, 1.807) is 22.6 Å². The Morgan fingerprint density at radius 2 is 1.71 bits per heavy atom. The Labute approximate surface area is 131 Å². The summed E-state index contributed by atoms with van der Waals surface area (Å²) in [6.45, 7) is -0.174. The van der Waals surface area contributed by atoms with Crippen molar-refractivity contribution in [3.8, 4) is 0 Å². The number of halogens is 6. The van der Waals surface area contributed by atoms with Gasteiger partial charge in [0.1, 0.15) is 11.6 Å². The van der Waals surface area contributed by atoms with Crippen LogP contribution in [0.25, 0.3) is 0 Å². The van der Waals surface area contributed by atoms with Crippen LogP contribution in [-0.4, -0.2) is 30.1 Å². The van der Waals surface area contributed by atoms with E-state index in [-0.39, 0.29) is 35.1 Å². The summed E-state index contributed by atoms with van der Waals surface area (Å²) < 4.78 is 64.5. The van der Waals surface area contributed by atoms with Gasteiger partial charge in [0.2, 0.25) is 0 Å². The van der Waals surface area contributed by atoms with Gasteiger partial charge in [0.05, 0.1) is 11.5 Å². The van der Waals surface area contributed by atoms with Gasteiger partial charge in [-0.1, -0.05) is 0 Å². The first-order valence-corrected chi connectivity index (χ1v) is 7.28. The van der Waals surface area contributed by atoms with Gasteiger partial charge in [0.25, 0.3) is 5.91 Å². The third-order valence-electron chi connectivity index (χ3n) is 3.49. The van der Waals surface area contributed by atoms with Gasteiger partial charge in [0.15, 0.2) is 0 Å². The van der Waals surface area contributed by atoms with E-state index in [4.69, 9.17) is 0 Å². The highest BCUT2D eigenvalue weighted by Crippen LogP contribution is 2.34. The van der Waals surface area contributed by atoms with Crippen molar-refractivity contribution in [2.45, 2.75) is 19.0 Å². The molecule has 1 aromatic rings. The van der Waals surface area contributed by atoms with Crippen LogP contribution in [0.1, 0.15) is 23.2 Å². The molecule has 1 heterocycles. The van der Waals surface area contributed by atoms with E-state index >= 15 is 0 Å². The predicted octanol–water partition coefficient (Wildman–Crippen LogP) is 3.98. The number of hydrogen-bond acceptors (Lipinski definition) is 1. The third kappa shape index (κ3) is 3.64. The second-order valence-electron chi connectivity index (χ2n) is 4.85. The van der Waals surface area contributed by atoms with E-state index < -0.39 is 29.6 Å². The first-order valence-electron chi connectivity index (χ1n) is 6.20. The van der Waals surface area contributed by atoms with E-state index in [1.807, 2.05) is 0 Å². The topological polar surface area (TPSA) is 20.3 Å². The summed E-state index contributed by atoms with van der Waals surface area (Å²) in [6, 6.07) is 1.68. The average Bonchev–Trinajstić information content (AvgIpc) is 2.41. The molecule has 0 saturated carbocycles. The second kappa shape index (κ2) is 6.05. The van der Waals surface area contributed by atoms with Gasteiger partial charge in [-0.15, -0.1) is 0 Å². The molecule has 0 radical (unpaired) electrons. The lowest BCUT2D eigenvalue weighted by Crippen LogP contribution is -2.42. The van der Waals surface area contributed by atoms with Crippen molar-refractivity contribution in [1.82, 2.24) is 4.90 Å². The number of hydrogen-bond donors (Lipinski definition) is 0. The normalized spacial score (nSPS) is 17.1. The fraction of sp³-hybridized carbons (Fsp3) is 0.462. The molecule has 2 nitrogen and oxygen atoms in total. The SMILES string of the molecule is O=C(c1cc(I)c(F)cc1F)N1CCC(C(F)(F)F)CC1. The number of rotatable bonds is 1. The maximum atomic E-state index is 13.6. The summed E-state index contributed by atoms with van der Waals surface area (Å²) in [5.41, 5.74) is -0.314. The molecule has 1 aromatic carbocycles. The molecule has 1 aliphatic heterocycles. The van der Waals surface area contributed by atoms with E-state index in [9.17, 15) is 26.7 Å². The number of piperidine rings is 1. The van der Waals surface area contributed by atoms with Crippen molar-refractivity contribution in [2.24, 2.45) is 5.92 Å². The van der Waals surface area contributed by atoms with Crippen molar-refractivity contribution in [3.63, 3.8) is 0 Å². The number of benzene rings is 1. The zero-order chi connectivity index (χ0) is 15.8. The van der Waals surface area contributed by atoms with Crippen LogP contribution >= 0.6 is 22.6 Å². The summed E-state index contributed by atoms with van der Waals surface area (Å²) in [4.78, 5) is 13.3. The molecule has 0 aliphatic carbocycles. The molecule has 0 aromatic heterocycles. The van der Waals surface area contributed by atoms with Crippen LogP contribution < -0.4 is 0 Å². The highest BCUT2D eigenvalue weighted by Gasteiger charge is 2.41. The van der Waals surface area contributed by atoms with Crippen LogP contribution in [0, 0.1) is 21.1 Å². The average molecular weight is 419 g/mol. The van der Waals surface area contributed by atoms with Gasteiger partial charge in [0, 0.05) is 22.7 Å². The first kappa shape index (κ1) is 16.4. The van der Waals surface area contributed by atoms with Crippen molar-refractivity contribution >= 4 is 28.5 Å². The van der Waals surface area contributed by atoms with Gasteiger partial charge in [-0.2, -0.15) is 13.2 Å². The first-order chi connectivity index (χ1) is 9.70. The molecular weight excluding hydrogens is 408 g/mol. The molecule has 0 spiro atoms. The van der Waals surface area contributed by atoms with Crippen LogP contribution in [0.15, 0.2) is 12.1 Å². The van der Waals surface area contributed by atoms with Crippen molar-refractivity contribution < 1.29 is 26.7 Å². The smallest absolute Gasteiger partial charge is 0.339 e. The summed E-state index contributed by atoms with van der Waals surface area (Å²) in [6.07, 6.45) is -4.67. The minimum Gasteiger partial charge on any atom is -0.339 e. The Hall–Kier alpha value is -0.930.